The summed E-state index contributed by atoms with van der Waals surface area (Å²) in [6, 6.07) is 4.95. The predicted molar refractivity (Wildman–Crippen MR) is 70.5 cm³/mol. The fourth-order valence-corrected chi connectivity index (χ4v) is 2.24. The van der Waals surface area contributed by atoms with Crippen molar-refractivity contribution in [3.05, 3.63) is 41.9 Å². The average Bonchev–Trinajstić information content (AvgIpc) is 2.84. The predicted octanol–water partition coefficient (Wildman–Crippen LogP) is 2.37. The molecule has 0 saturated carbocycles. The van der Waals surface area contributed by atoms with Crippen molar-refractivity contribution in [2.75, 3.05) is 13.2 Å². The molecule has 4 nitrogen and oxygen atoms in total. The van der Waals surface area contributed by atoms with Gasteiger partial charge in [-0.15, -0.1) is 0 Å². The first-order chi connectivity index (χ1) is 9.86. The molecule has 0 spiro atoms. The number of alkyl halides is 3. The number of nitrogens with two attached hydrogens (primary N) is 1. The molecule has 0 amide bonds. The highest BCUT2D eigenvalue weighted by molar-refractivity contribution is 5.59. The van der Waals surface area contributed by atoms with Gasteiger partial charge < -0.3 is 15.5 Å². The summed E-state index contributed by atoms with van der Waals surface area (Å²) in [5.41, 5.74) is 6.30. The van der Waals surface area contributed by atoms with Gasteiger partial charge in [-0.2, -0.15) is 13.2 Å². The summed E-state index contributed by atoms with van der Waals surface area (Å²) >= 11 is 0. The van der Waals surface area contributed by atoms with Crippen molar-refractivity contribution >= 4 is 0 Å². The van der Waals surface area contributed by atoms with E-state index in [4.69, 9.17) is 10.5 Å². The topological polar surface area (TPSA) is 63.9 Å². The zero-order valence-corrected chi connectivity index (χ0v) is 11.1. The Morgan fingerprint density at radius 1 is 1.24 bits per heavy atom. The molecular weight excluding hydrogens is 283 g/mol. The molecule has 0 atom stereocenters. The van der Waals surface area contributed by atoms with Gasteiger partial charge in [0.25, 0.3) is 0 Å². The highest BCUT2D eigenvalue weighted by Gasteiger charge is 2.35. The van der Waals surface area contributed by atoms with E-state index in [0.29, 0.717) is 36.7 Å². The van der Waals surface area contributed by atoms with E-state index in [2.05, 4.69) is 9.97 Å². The molecule has 1 aliphatic rings. The van der Waals surface area contributed by atoms with E-state index in [1.807, 2.05) is 0 Å². The number of aromatic amines is 1. The van der Waals surface area contributed by atoms with Crippen molar-refractivity contribution in [2.45, 2.75) is 18.1 Å². The lowest BCUT2D eigenvalue weighted by molar-refractivity contribution is -0.137. The quantitative estimate of drug-likeness (QED) is 0.914. The summed E-state index contributed by atoms with van der Waals surface area (Å²) in [6.07, 6.45) is -2.18. The van der Waals surface area contributed by atoms with Crippen molar-refractivity contribution in [1.82, 2.24) is 9.97 Å². The van der Waals surface area contributed by atoms with Crippen LogP contribution in [0.2, 0.25) is 0 Å². The minimum Gasteiger partial charge on any atom is -0.377 e. The minimum atomic E-state index is -4.33. The second-order valence-corrected chi connectivity index (χ2v) is 5.35. The van der Waals surface area contributed by atoms with Crippen molar-refractivity contribution < 1.29 is 17.9 Å². The Labute approximate surface area is 119 Å². The molecule has 112 valence electrons. The fraction of sp³-hybridized carbons (Fsp3) is 0.357. The van der Waals surface area contributed by atoms with E-state index < -0.39 is 17.3 Å². The van der Waals surface area contributed by atoms with Gasteiger partial charge in [0.2, 0.25) is 0 Å². The molecule has 21 heavy (non-hydrogen) atoms. The zero-order valence-electron chi connectivity index (χ0n) is 11.1. The first-order valence-corrected chi connectivity index (χ1v) is 6.44. The van der Waals surface area contributed by atoms with Gasteiger partial charge in [-0.25, -0.2) is 4.98 Å². The van der Waals surface area contributed by atoms with Crippen LogP contribution in [0.25, 0.3) is 11.3 Å². The summed E-state index contributed by atoms with van der Waals surface area (Å²) in [5, 5.41) is 0. The molecule has 0 bridgehead atoms. The lowest BCUT2D eigenvalue weighted by atomic mass is 9.94. The Balaban J connectivity index is 1.76. The second kappa shape index (κ2) is 4.85. The van der Waals surface area contributed by atoms with Crippen molar-refractivity contribution in [3.63, 3.8) is 0 Å². The number of imidazole rings is 1. The first kappa shape index (κ1) is 14.1. The number of hydrogen-bond acceptors (Lipinski definition) is 3. The molecule has 1 saturated heterocycles. The van der Waals surface area contributed by atoms with Crippen LogP contribution in [0.5, 0.6) is 0 Å². The monoisotopic (exact) mass is 297 g/mol. The molecule has 0 radical (unpaired) electrons. The lowest BCUT2D eigenvalue weighted by Gasteiger charge is -2.37. The zero-order chi connectivity index (χ0) is 15.1. The normalized spacial score (nSPS) is 17.5. The molecule has 1 aliphatic heterocycles. The van der Waals surface area contributed by atoms with Crippen LogP contribution >= 0.6 is 0 Å². The Morgan fingerprint density at radius 3 is 2.43 bits per heavy atom. The third kappa shape index (κ3) is 2.93. The summed E-state index contributed by atoms with van der Waals surface area (Å²) in [6.45, 7) is 0.979. The van der Waals surface area contributed by atoms with Crippen LogP contribution in [-0.4, -0.2) is 28.7 Å². The van der Waals surface area contributed by atoms with Gasteiger partial charge in [-0.1, -0.05) is 12.1 Å². The van der Waals surface area contributed by atoms with E-state index >= 15 is 0 Å². The Hall–Kier alpha value is -1.86. The van der Waals surface area contributed by atoms with E-state index in [9.17, 15) is 13.2 Å². The molecule has 1 aromatic carbocycles. The van der Waals surface area contributed by atoms with Crippen LogP contribution < -0.4 is 5.73 Å². The molecule has 2 heterocycles. The van der Waals surface area contributed by atoms with Crippen LogP contribution in [0, 0.1) is 0 Å². The van der Waals surface area contributed by atoms with Crippen molar-refractivity contribution in [3.8, 4) is 11.3 Å². The number of halogens is 3. The van der Waals surface area contributed by atoms with E-state index in [1.165, 1.54) is 12.1 Å². The van der Waals surface area contributed by atoms with E-state index in [0.717, 1.165) is 12.1 Å². The van der Waals surface area contributed by atoms with Gasteiger partial charge >= 0.3 is 6.18 Å². The van der Waals surface area contributed by atoms with Crippen molar-refractivity contribution in [2.24, 2.45) is 5.73 Å². The average molecular weight is 297 g/mol. The molecule has 1 fully saturated rings. The number of nitrogens with one attached hydrogen (secondary N) is 1. The standard InChI is InChI=1S/C14H14F3N3O/c15-14(16,17)10-3-1-9(2-4-10)11-6-19-12(20-11)5-13(18)7-21-8-13/h1-4,6H,5,7-8,18H2,(H,19,20). The van der Waals surface area contributed by atoms with Gasteiger partial charge in [0.1, 0.15) is 5.82 Å². The third-order valence-electron chi connectivity index (χ3n) is 3.45. The number of nitrogens with zero attached hydrogens (tertiary/aromatic N) is 1. The first-order valence-electron chi connectivity index (χ1n) is 6.44. The molecule has 2 aromatic rings. The highest BCUT2D eigenvalue weighted by Crippen LogP contribution is 2.30. The molecule has 7 heteroatoms. The minimum absolute atomic E-state index is 0.394. The molecule has 3 N–H and O–H groups in total. The number of benzene rings is 1. The van der Waals surface area contributed by atoms with Gasteiger partial charge in [-0.05, 0) is 17.7 Å². The molecular formula is C14H14F3N3O. The largest absolute Gasteiger partial charge is 0.416 e. The van der Waals surface area contributed by atoms with Crippen LogP contribution in [0.1, 0.15) is 11.4 Å². The Kier molecular flexibility index (Phi) is 3.26. The third-order valence-corrected chi connectivity index (χ3v) is 3.45. The maximum Gasteiger partial charge on any atom is 0.416 e. The van der Waals surface area contributed by atoms with Gasteiger partial charge in [0.15, 0.2) is 0 Å². The number of rotatable bonds is 3. The highest BCUT2D eigenvalue weighted by atomic mass is 19.4. The van der Waals surface area contributed by atoms with Crippen LogP contribution in [0.15, 0.2) is 30.5 Å². The Bertz CT molecular complexity index is 630. The molecule has 0 aliphatic carbocycles. The number of ether oxygens (including phenoxy) is 1. The van der Waals surface area contributed by atoms with Gasteiger partial charge in [-0.3, -0.25) is 0 Å². The lowest BCUT2D eigenvalue weighted by Crippen LogP contribution is -2.59. The second-order valence-electron chi connectivity index (χ2n) is 5.35. The van der Waals surface area contributed by atoms with Crippen LogP contribution in [0.4, 0.5) is 13.2 Å². The van der Waals surface area contributed by atoms with E-state index in [1.54, 1.807) is 6.20 Å². The summed E-state index contributed by atoms with van der Waals surface area (Å²) < 4.78 is 42.6. The van der Waals surface area contributed by atoms with Crippen molar-refractivity contribution in [1.29, 1.82) is 0 Å². The number of H-pyrrole nitrogens is 1. The number of hydrogen-bond donors (Lipinski definition) is 2. The molecule has 3 rings (SSSR count). The maximum atomic E-state index is 12.5. The van der Waals surface area contributed by atoms with Gasteiger partial charge in [0, 0.05) is 6.42 Å². The fourth-order valence-electron chi connectivity index (χ4n) is 2.24. The summed E-state index contributed by atoms with van der Waals surface area (Å²) in [7, 11) is 0. The van der Waals surface area contributed by atoms with Crippen LogP contribution in [0.3, 0.4) is 0 Å². The summed E-state index contributed by atoms with van der Waals surface area (Å²) in [5.74, 6) is 0.704. The number of aromatic nitrogens is 2. The van der Waals surface area contributed by atoms with Crippen LogP contribution in [-0.2, 0) is 17.3 Å². The SMILES string of the molecule is NC1(Cc2ncc(-c3ccc(C(F)(F)F)cc3)[nH]2)COC1. The maximum absolute atomic E-state index is 12.5. The Morgan fingerprint density at radius 2 is 1.90 bits per heavy atom. The molecule has 1 aromatic heterocycles. The summed E-state index contributed by atoms with van der Waals surface area (Å²) in [4.78, 5) is 7.30. The smallest absolute Gasteiger partial charge is 0.377 e. The van der Waals surface area contributed by atoms with Gasteiger partial charge in [0.05, 0.1) is 36.2 Å². The molecule has 0 unspecified atom stereocenters. The van der Waals surface area contributed by atoms with E-state index in [-0.39, 0.29) is 0 Å².